The summed E-state index contributed by atoms with van der Waals surface area (Å²) in [6, 6.07) is 0. The van der Waals surface area contributed by atoms with Crippen molar-refractivity contribution >= 4 is 11.8 Å². The summed E-state index contributed by atoms with van der Waals surface area (Å²) in [5.74, 6) is -1.36. The van der Waals surface area contributed by atoms with Gasteiger partial charge in [0.05, 0.1) is 6.61 Å². The maximum atomic E-state index is 11.9. The smallest absolute Gasteiger partial charge is 0.317 e. The van der Waals surface area contributed by atoms with Crippen LogP contribution in [0.15, 0.2) is 23.8 Å². The SMILES string of the molecule is C=C(C)C1CC=C(C)C(=O)C1C(=O)OCC. The van der Waals surface area contributed by atoms with Crippen LogP contribution >= 0.6 is 0 Å². The van der Waals surface area contributed by atoms with Gasteiger partial charge in [-0.1, -0.05) is 18.2 Å². The zero-order chi connectivity index (χ0) is 12.3. The van der Waals surface area contributed by atoms with Gasteiger partial charge in [0.1, 0.15) is 5.92 Å². The molecule has 0 N–H and O–H groups in total. The highest BCUT2D eigenvalue weighted by Gasteiger charge is 2.38. The second kappa shape index (κ2) is 5.10. The molecular formula is C13H18O3. The number of rotatable bonds is 3. The lowest BCUT2D eigenvalue weighted by molar-refractivity contribution is -0.152. The van der Waals surface area contributed by atoms with Gasteiger partial charge in [-0.15, -0.1) is 0 Å². The second-order valence-electron chi connectivity index (χ2n) is 4.17. The van der Waals surface area contributed by atoms with Crippen molar-refractivity contribution in [2.24, 2.45) is 11.8 Å². The lowest BCUT2D eigenvalue weighted by Crippen LogP contribution is -2.36. The largest absolute Gasteiger partial charge is 0.465 e. The maximum Gasteiger partial charge on any atom is 0.317 e. The van der Waals surface area contributed by atoms with Crippen LogP contribution in [0.5, 0.6) is 0 Å². The van der Waals surface area contributed by atoms with E-state index in [0.29, 0.717) is 18.6 Å². The zero-order valence-corrected chi connectivity index (χ0v) is 10.1. The Kier molecular flexibility index (Phi) is 4.05. The molecule has 0 saturated carbocycles. The monoisotopic (exact) mass is 222 g/mol. The molecule has 1 aliphatic carbocycles. The summed E-state index contributed by atoms with van der Waals surface area (Å²) in [5, 5.41) is 0. The molecule has 0 bridgehead atoms. The topological polar surface area (TPSA) is 43.4 Å². The predicted molar refractivity (Wildman–Crippen MR) is 61.8 cm³/mol. The van der Waals surface area contributed by atoms with E-state index in [0.717, 1.165) is 5.57 Å². The molecule has 1 rings (SSSR count). The van der Waals surface area contributed by atoms with Crippen molar-refractivity contribution in [2.75, 3.05) is 6.61 Å². The Labute approximate surface area is 96.2 Å². The molecule has 0 aromatic heterocycles. The number of esters is 1. The second-order valence-corrected chi connectivity index (χ2v) is 4.17. The third-order valence-corrected chi connectivity index (χ3v) is 2.92. The number of Topliss-reactive ketones (excluding diaryl/α,β-unsaturated/α-hetero) is 1. The number of ketones is 1. The van der Waals surface area contributed by atoms with E-state index >= 15 is 0 Å². The van der Waals surface area contributed by atoms with E-state index in [1.165, 1.54) is 0 Å². The molecule has 0 spiro atoms. The van der Waals surface area contributed by atoms with Gasteiger partial charge in [-0.3, -0.25) is 9.59 Å². The predicted octanol–water partition coefficient (Wildman–Crippen LogP) is 2.28. The highest BCUT2D eigenvalue weighted by molar-refractivity contribution is 6.09. The van der Waals surface area contributed by atoms with Gasteiger partial charge in [0.15, 0.2) is 5.78 Å². The minimum atomic E-state index is -0.692. The van der Waals surface area contributed by atoms with Gasteiger partial charge < -0.3 is 4.74 Å². The molecule has 2 atom stereocenters. The fourth-order valence-electron chi connectivity index (χ4n) is 1.96. The summed E-state index contributed by atoms with van der Waals surface area (Å²) in [5.41, 5.74) is 1.51. The molecule has 16 heavy (non-hydrogen) atoms. The van der Waals surface area contributed by atoms with Crippen molar-refractivity contribution in [2.45, 2.75) is 27.2 Å². The number of carbonyl (C=O) groups is 2. The van der Waals surface area contributed by atoms with Crippen LogP contribution in [0.4, 0.5) is 0 Å². The van der Waals surface area contributed by atoms with Crippen molar-refractivity contribution < 1.29 is 14.3 Å². The quantitative estimate of drug-likeness (QED) is 0.418. The third-order valence-electron chi connectivity index (χ3n) is 2.92. The van der Waals surface area contributed by atoms with Crippen LogP contribution in [-0.2, 0) is 14.3 Å². The molecule has 3 heteroatoms. The Morgan fingerprint density at radius 2 is 2.25 bits per heavy atom. The summed E-state index contributed by atoms with van der Waals surface area (Å²) in [4.78, 5) is 23.7. The average molecular weight is 222 g/mol. The standard InChI is InChI=1S/C13H18O3/c1-5-16-13(15)11-10(8(2)3)7-6-9(4)12(11)14/h6,10-11H,2,5,7H2,1,3-4H3. The summed E-state index contributed by atoms with van der Waals surface area (Å²) in [7, 11) is 0. The zero-order valence-electron chi connectivity index (χ0n) is 10.1. The highest BCUT2D eigenvalue weighted by atomic mass is 16.5. The van der Waals surface area contributed by atoms with Crippen LogP contribution in [0.3, 0.4) is 0 Å². The lowest BCUT2D eigenvalue weighted by Gasteiger charge is -2.27. The Balaban J connectivity index is 2.99. The van der Waals surface area contributed by atoms with E-state index in [-0.39, 0.29) is 11.7 Å². The van der Waals surface area contributed by atoms with Gasteiger partial charge in [-0.05, 0) is 32.8 Å². The Morgan fingerprint density at radius 1 is 1.62 bits per heavy atom. The summed E-state index contributed by atoms with van der Waals surface area (Å²) in [6.07, 6.45) is 2.56. The summed E-state index contributed by atoms with van der Waals surface area (Å²) >= 11 is 0. The van der Waals surface area contributed by atoms with Crippen LogP contribution in [0.2, 0.25) is 0 Å². The molecule has 0 amide bonds. The van der Waals surface area contributed by atoms with Gasteiger partial charge in [-0.25, -0.2) is 0 Å². The van der Waals surface area contributed by atoms with Crippen LogP contribution < -0.4 is 0 Å². The number of hydrogen-bond donors (Lipinski definition) is 0. The minimum absolute atomic E-state index is 0.116. The van der Waals surface area contributed by atoms with E-state index in [2.05, 4.69) is 6.58 Å². The van der Waals surface area contributed by atoms with E-state index in [4.69, 9.17) is 4.74 Å². The fraction of sp³-hybridized carbons (Fsp3) is 0.538. The van der Waals surface area contributed by atoms with Crippen LogP contribution in [0.1, 0.15) is 27.2 Å². The van der Waals surface area contributed by atoms with Gasteiger partial charge in [0, 0.05) is 5.92 Å². The molecule has 3 nitrogen and oxygen atoms in total. The fourth-order valence-corrected chi connectivity index (χ4v) is 1.96. The van der Waals surface area contributed by atoms with E-state index in [1.54, 1.807) is 13.8 Å². The van der Waals surface area contributed by atoms with Crippen LogP contribution in [-0.4, -0.2) is 18.4 Å². The first kappa shape index (κ1) is 12.7. The molecule has 0 aromatic carbocycles. The van der Waals surface area contributed by atoms with Gasteiger partial charge in [0.25, 0.3) is 0 Å². The molecular weight excluding hydrogens is 204 g/mol. The van der Waals surface area contributed by atoms with Gasteiger partial charge in [-0.2, -0.15) is 0 Å². The van der Waals surface area contributed by atoms with Gasteiger partial charge >= 0.3 is 5.97 Å². The lowest BCUT2D eigenvalue weighted by atomic mass is 9.76. The first-order valence-electron chi connectivity index (χ1n) is 5.52. The van der Waals surface area contributed by atoms with Crippen molar-refractivity contribution in [3.63, 3.8) is 0 Å². The molecule has 0 fully saturated rings. The number of allylic oxidation sites excluding steroid dienone is 3. The average Bonchev–Trinajstić information content (AvgIpc) is 2.21. The molecule has 1 aliphatic rings. The molecule has 0 aliphatic heterocycles. The normalized spacial score (nSPS) is 24.9. The molecule has 0 saturated heterocycles. The summed E-state index contributed by atoms with van der Waals surface area (Å²) in [6.45, 7) is 9.47. The van der Waals surface area contributed by atoms with Crippen molar-refractivity contribution in [1.82, 2.24) is 0 Å². The van der Waals surface area contributed by atoms with Crippen molar-refractivity contribution in [3.8, 4) is 0 Å². The number of hydrogen-bond acceptors (Lipinski definition) is 3. The molecule has 0 radical (unpaired) electrons. The van der Waals surface area contributed by atoms with Crippen molar-refractivity contribution in [3.05, 3.63) is 23.8 Å². The van der Waals surface area contributed by atoms with Crippen LogP contribution in [0, 0.1) is 11.8 Å². The Bertz CT molecular complexity index is 352. The first-order valence-corrected chi connectivity index (χ1v) is 5.52. The third kappa shape index (κ3) is 2.40. The Hall–Kier alpha value is -1.38. The molecule has 0 aromatic rings. The van der Waals surface area contributed by atoms with Crippen molar-refractivity contribution in [1.29, 1.82) is 0 Å². The van der Waals surface area contributed by atoms with Gasteiger partial charge in [0.2, 0.25) is 0 Å². The maximum absolute atomic E-state index is 11.9. The number of ether oxygens (including phenoxy) is 1. The molecule has 0 heterocycles. The van der Waals surface area contributed by atoms with E-state index in [1.807, 2.05) is 13.0 Å². The highest BCUT2D eigenvalue weighted by Crippen LogP contribution is 2.32. The van der Waals surface area contributed by atoms with E-state index < -0.39 is 11.9 Å². The van der Waals surface area contributed by atoms with Crippen LogP contribution in [0.25, 0.3) is 0 Å². The molecule has 2 unspecified atom stereocenters. The Morgan fingerprint density at radius 3 is 2.75 bits per heavy atom. The molecule has 88 valence electrons. The minimum Gasteiger partial charge on any atom is -0.465 e. The van der Waals surface area contributed by atoms with E-state index in [9.17, 15) is 9.59 Å². The first-order chi connectivity index (χ1) is 7.49. The summed E-state index contributed by atoms with van der Waals surface area (Å²) < 4.78 is 4.95. The number of carbonyl (C=O) groups excluding carboxylic acids is 2.